The third-order valence-corrected chi connectivity index (χ3v) is 4.19. The maximum Gasteiger partial charge on any atom is 0.341 e. The van der Waals surface area contributed by atoms with E-state index in [1.807, 2.05) is 41.5 Å². The highest BCUT2D eigenvalue weighted by atomic mass is 19.1. The van der Waals surface area contributed by atoms with E-state index >= 15 is 0 Å². The zero-order valence-corrected chi connectivity index (χ0v) is 22.7. The Kier molecular flexibility index (Phi) is 18.7. The summed E-state index contributed by atoms with van der Waals surface area (Å²) in [6.45, 7) is 18.2. The van der Waals surface area contributed by atoms with Gasteiger partial charge in [0.15, 0.2) is 0 Å². The number of hydrogen-bond acceptors (Lipinski definition) is 3. The summed E-state index contributed by atoms with van der Waals surface area (Å²) in [5.74, 6) is -2.10. The van der Waals surface area contributed by atoms with Gasteiger partial charge in [0.1, 0.15) is 22.8 Å². The van der Waals surface area contributed by atoms with E-state index in [2.05, 4.69) is 18.8 Å². The summed E-state index contributed by atoms with van der Waals surface area (Å²) in [6.07, 6.45) is 4.23. The van der Waals surface area contributed by atoms with E-state index in [0.29, 0.717) is 12.2 Å². The van der Waals surface area contributed by atoms with Gasteiger partial charge in [-0.05, 0) is 43.5 Å². The molecule has 0 atom stereocenters. The van der Waals surface area contributed by atoms with Gasteiger partial charge in [0.25, 0.3) is 0 Å². The maximum atomic E-state index is 13.5. The third-order valence-electron chi connectivity index (χ3n) is 4.19. The predicted octanol–water partition coefficient (Wildman–Crippen LogP) is 7.81. The quantitative estimate of drug-likeness (QED) is 0.403. The molecule has 0 spiro atoms. The molecule has 0 aliphatic carbocycles. The van der Waals surface area contributed by atoms with Crippen LogP contribution >= 0.6 is 0 Å². The normalized spacial score (nSPS) is 9.23. The lowest BCUT2D eigenvalue weighted by Gasteiger charge is -2.11. The number of aromatic carboxylic acids is 1. The highest BCUT2D eigenvalue weighted by Gasteiger charge is 2.16. The van der Waals surface area contributed by atoms with Crippen molar-refractivity contribution in [3.63, 3.8) is 0 Å². The number of carboxylic acids is 1. The van der Waals surface area contributed by atoms with E-state index in [1.54, 1.807) is 16.7 Å². The smallest absolute Gasteiger partial charge is 0.341 e. The zero-order chi connectivity index (χ0) is 27.6. The van der Waals surface area contributed by atoms with Crippen LogP contribution in [0.3, 0.4) is 0 Å². The highest BCUT2D eigenvalue weighted by molar-refractivity contribution is 5.91. The lowest BCUT2D eigenvalue weighted by molar-refractivity contribution is 0.0694. The predicted molar refractivity (Wildman–Crippen MR) is 142 cm³/mol. The first kappa shape index (κ1) is 34.1. The molecule has 196 valence electrons. The van der Waals surface area contributed by atoms with E-state index in [1.165, 1.54) is 37.2 Å². The number of benzene rings is 1. The number of hydrogen-bond donors (Lipinski definition) is 1. The molecule has 0 aliphatic rings. The number of nitrogens with zero attached hydrogens (tertiary/aromatic N) is 2. The first-order chi connectivity index (χ1) is 16.7. The summed E-state index contributed by atoms with van der Waals surface area (Å²) in [5.41, 5.74) is 0.597. The van der Waals surface area contributed by atoms with Crippen LogP contribution in [-0.2, 0) is 13.0 Å². The first-order valence-corrected chi connectivity index (χ1v) is 12.4. The van der Waals surface area contributed by atoms with Crippen molar-refractivity contribution in [3.05, 3.63) is 75.2 Å². The van der Waals surface area contributed by atoms with Crippen molar-refractivity contribution in [1.29, 1.82) is 0 Å². The second kappa shape index (κ2) is 19.2. The Morgan fingerprint density at radius 2 is 1.51 bits per heavy atom. The summed E-state index contributed by atoms with van der Waals surface area (Å²) >= 11 is 0. The monoisotopic (exact) mass is 492 g/mol. The molecule has 0 saturated carbocycles. The van der Waals surface area contributed by atoms with Crippen molar-refractivity contribution in [1.82, 2.24) is 9.55 Å². The van der Waals surface area contributed by atoms with E-state index in [-0.39, 0.29) is 22.5 Å². The molecule has 0 fully saturated rings. The van der Waals surface area contributed by atoms with Crippen molar-refractivity contribution in [2.75, 3.05) is 0 Å². The number of pyridine rings is 2. The van der Waals surface area contributed by atoms with Crippen LogP contribution in [0.15, 0.2) is 41.3 Å². The van der Waals surface area contributed by atoms with Crippen LogP contribution in [0.2, 0.25) is 0 Å². The molecule has 1 N–H and O–H groups in total. The molecule has 5 nitrogen and oxygen atoms in total. The summed E-state index contributed by atoms with van der Waals surface area (Å²) in [4.78, 5) is 27.1. The molecule has 0 aliphatic heterocycles. The second-order valence-corrected chi connectivity index (χ2v) is 6.98. The molecule has 2 aromatic heterocycles. The molecule has 0 radical (unpaired) electrons. The minimum Gasteiger partial charge on any atom is -0.477 e. The third kappa shape index (κ3) is 11.3. The fourth-order valence-electron chi connectivity index (χ4n) is 2.66. The molecule has 0 saturated heterocycles. The fraction of sp³-hybridized carbons (Fsp3) is 0.464. The SMILES string of the molecule is CC.CC.CCC.CCCn1cc(C(=O)O)c(=O)c2cc(F)c(C)nc21.CCc1ccc(F)cc1. The molecule has 35 heavy (non-hydrogen) atoms. The Balaban J connectivity index is 0. The summed E-state index contributed by atoms with van der Waals surface area (Å²) in [6, 6.07) is 7.63. The van der Waals surface area contributed by atoms with Crippen LogP contribution in [0, 0.1) is 18.6 Å². The van der Waals surface area contributed by atoms with Gasteiger partial charge in [0, 0.05) is 12.7 Å². The number of fused-ring (bicyclic) bond motifs is 1. The van der Waals surface area contributed by atoms with Crippen LogP contribution in [-0.4, -0.2) is 20.6 Å². The summed E-state index contributed by atoms with van der Waals surface area (Å²) < 4.78 is 27.3. The molecular formula is C28H42F2N2O3. The van der Waals surface area contributed by atoms with Gasteiger partial charge in [-0.2, -0.15) is 0 Å². The molecule has 2 heterocycles. The lowest BCUT2D eigenvalue weighted by atomic mass is 10.1. The van der Waals surface area contributed by atoms with Gasteiger partial charge in [0.05, 0.1) is 11.1 Å². The minimum absolute atomic E-state index is 0.00329. The van der Waals surface area contributed by atoms with E-state index < -0.39 is 17.2 Å². The van der Waals surface area contributed by atoms with Crippen LogP contribution in [0.5, 0.6) is 0 Å². The Morgan fingerprint density at radius 3 is 1.94 bits per heavy atom. The Bertz CT molecular complexity index is 1060. The first-order valence-electron chi connectivity index (χ1n) is 12.4. The largest absolute Gasteiger partial charge is 0.477 e. The Hall–Kier alpha value is -3.09. The fourth-order valence-corrected chi connectivity index (χ4v) is 2.66. The van der Waals surface area contributed by atoms with E-state index in [4.69, 9.17) is 5.11 Å². The Morgan fingerprint density at radius 1 is 1.00 bits per heavy atom. The lowest BCUT2D eigenvalue weighted by Crippen LogP contribution is -2.20. The number of carbonyl (C=O) groups is 1. The molecule has 0 unspecified atom stereocenters. The van der Waals surface area contributed by atoms with Crippen LogP contribution in [0.4, 0.5) is 8.78 Å². The number of halogens is 2. The van der Waals surface area contributed by atoms with Gasteiger partial charge >= 0.3 is 5.97 Å². The summed E-state index contributed by atoms with van der Waals surface area (Å²) in [5, 5.41) is 9.01. The number of aryl methyl sites for hydroxylation is 3. The zero-order valence-electron chi connectivity index (χ0n) is 22.7. The van der Waals surface area contributed by atoms with Crippen molar-refractivity contribution in [2.45, 2.75) is 88.1 Å². The van der Waals surface area contributed by atoms with Crippen LogP contribution in [0.1, 0.15) is 89.8 Å². The molecule has 0 amide bonds. The Labute approximate surface area is 208 Å². The van der Waals surface area contributed by atoms with E-state index in [9.17, 15) is 18.4 Å². The van der Waals surface area contributed by atoms with E-state index in [0.717, 1.165) is 18.9 Å². The average molecular weight is 493 g/mol. The van der Waals surface area contributed by atoms with Crippen LogP contribution in [0.25, 0.3) is 11.0 Å². The molecule has 3 aromatic rings. The molecule has 0 bridgehead atoms. The van der Waals surface area contributed by atoms with Gasteiger partial charge in [-0.15, -0.1) is 0 Å². The standard InChI is InChI=1S/C13H13FN2O3.C8H9F.C3H8.2C2H6/c1-3-4-16-6-9(13(18)19)11(17)8-5-10(14)7(2)15-12(8)16;1-2-7-3-5-8(9)6-4-7;1-3-2;2*1-2/h5-6H,3-4H2,1-2H3,(H,18,19);3-6H,2H2,1H3;3H2,1-2H3;2*1-2H3. The highest BCUT2D eigenvalue weighted by Crippen LogP contribution is 2.14. The van der Waals surface area contributed by atoms with Gasteiger partial charge in [-0.3, -0.25) is 4.79 Å². The minimum atomic E-state index is -1.32. The molecule has 3 rings (SSSR count). The summed E-state index contributed by atoms with van der Waals surface area (Å²) in [7, 11) is 0. The number of rotatable bonds is 4. The van der Waals surface area contributed by atoms with Crippen molar-refractivity contribution < 1.29 is 18.7 Å². The topological polar surface area (TPSA) is 72.2 Å². The van der Waals surface area contributed by atoms with Crippen LogP contribution < -0.4 is 5.43 Å². The molecule has 1 aromatic carbocycles. The van der Waals surface area contributed by atoms with Crippen molar-refractivity contribution in [2.24, 2.45) is 0 Å². The number of aromatic nitrogens is 2. The van der Waals surface area contributed by atoms with Crippen molar-refractivity contribution in [3.8, 4) is 0 Å². The van der Waals surface area contributed by atoms with Gasteiger partial charge < -0.3 is 9.67 Å². The maximum absolute atomic E-state index is 13.5. The van der Waals surface area contributed by atoms with Crippen molar-refractivity contribution >= 4 is 17.0 Å². The van der Waals surface area contributed by atoms with Gasteiger partial charge in [-0.25, -0.2) is 18.6 Å². The number of carboxylic acid groups (broad SMARTS) is 1. The molecular weight excluding hydrogens is 450 g/mol. The second-order valence-electron chi connectivity index (χ2n) is 6.98. The van der Waals surface area contributed by atoms with Gasteiger partial charge in [0.2, 0.25) is 5.43 Å². The molecule has 7 heteroatoms. The average Bonchev–Trinajstić information content (AvgIpc) is 2.86. The van der Waals surface area contributed by atoms with Gasteiger partial charge in [-0.1, -0.05) is 73.9 Å².